The maximum Gasteiger partial charge on any atom is 0.416 e. The minimum absolute atomic E-state index is 0.0182. The molecule has 0 amide bonds. The maximum atomic E-state index is 12.9. The number of halogens is 5. The van der Waals surface area contributed by atoms with Crippen LogP contribution >= 0.6 is 27.5 Å². The second kappa shape index (κ2) is 7.57. The van der Waals surface area contributed by atoms with Crippen molar-refractivity contribution in [1.82, 2.24) is 15.0 Å². The van der Waals surface area contributed by atoms with E-state index >= 15 is 0 Å². The van der Waals surface area contributed by atoms with Crippen LogP contribution in [0.25, 0.3) is 0 Å². The first-order chi connectivity index (χ1) is 12.7. The Balaban J connectivity index is 1.89. The largest absolute Gasteiger partial charge is 0.416 e. The minimum atomic E-state index is -4.50. The van der Waals surface area contributed by atoms with Crippen molar-refractivity contribution < 1.29 is 13.2 Å². The summed E-state index contributed by atoms with van der Waals surface area (Å²) in [5.41, 5.74) is 5.29. The molecule has 0 spiro atoms. The van der Waals surface area contributed by atoms with Gasteiger partial charge in [0.2, 0.25) is 0 Å². The average molecular weight is 460 g/mol. The fourth-order valence-electron chi connectivity index (χ4n) is 2.09. The lowest BCUT2D eigenvalue weighted by Gasteiger charge is -2.14. The van der Waals surface area contributed by atoms with Crippen LogP contribution in [-0.4, -0.2) is 15.0 Å². The molecule has 140 valence electrons. The zero-order chi connectivity index (χ0) is 19.6. The molecule has 2 aromatic heterocycles. The third kappa shape index (κ3) is 4.58. The van der Waals surface area contributed by atoms with Gasteiger partial charge < -0.3 is 16.4 Å². The fourth-order valence-corrected chi connectivity index (χ4v) is 2.49. The quantitative estimate of drug-likeness (QED) is 0.486. The van der Waals surface area contributed by atoms with E-state index < -0.39 is 11.7 Å². The SMILES string of the molecule is Nc1c(Nc2ccc(Br)cn2)ncnc1Nc1cc(C(F)(F)F)ccc1Cl. The van der Waals surface area contributed by atoms with Crippen LogP contribution in [0.1, 0.15) is 5.56 Å². The molecule has 0 aliphatic carbocycles. The average Bonchev–Trinajstić information content (AvgIpc) is 2.61. The fraction of sp³-hybridized carbons (Fsp3) is 0.0625. The standard InChI is InChI=1S/C16H11BrClF3N6/c17-9-2-4-12(23-6-9)27-15-13(22)14(24-7-25-15)26-11-5-8(16(19,20)21)1-3-10(11)18/h1-7H,22H2,(H2,23,24,25,26,27). The van der Waals surface area contributed by atoms with E-state index in [-0.39, 0.29) is 28.0 Å². The van der Waals surface area contributed by atoms with Crippen LogP contribution in [0.3, 0.4) is 0 Å². The van der Waals surface area contributed by atoms with Gasteiger partial charge in [0.1, 0.15) is 17.8 Å². The number of nitrogens with two attached hydrogens (primary N) is 1. The lowest BCUT2D eigenvalue weighted by molar-refractivity contribution is -0.137. The molecular formula is C16H11BrClF3N6. The lowest BCUT2D eigenvalue weighted by Crippen LogP contribution is -2.08. The molecule has 6 nitrogen and oxygen atoms in total. The van der Waals surface area contributed by atoms with Crippen LogP contribution < -0.4 is 16.4 Å². The summed E-state index contributed by atoms with van der Waals surface area (Å²) in [7, 11) is 0. The Bertz CT molecular complexity index is 965. The van der Waals surface area contributed by atoms with Crippen molar-refractivity contribution >= 4 is 56.4 Å². The van der Waals surface area contributed by atoms with Crippen LogP contribution in [0.5, 0.6) is 0 Å². The first kappa shape index (κ1) is 19.2. The molecule has 0 radical (unpaired) electrons. The van der Waals surface area contributed by atoms with Gasteiger partial charge in [0.05, 0.1) is 16.3 Å². The van der Waals surface area contributed by atoms with E-state index in [9.17, 15) is 13.2 Å². The number of hydrogen-bond acceptors (Lipinski definition) is 6. The second-order valence-electron chi connectivity index (χ2n) is 5.29. The predicted molar refractivity (Wildman–Crippen MR) is 101 cm³/mol. The summed E-state index contributed by atoms with van der Waals surface area (Å²) in [6.07, 6.45) is -1.71. The van der Waals surface area contributed by atoms with Crippen LogP contribution in [0, 0.1) is 0 Å². The van der Waals surface area contributed by atoms with Gasteiger partial charge in [0.15, 0.2) is 11.6 Å². The topological polar surface area (TPSA) is 88.8 Å². The molecule has 0 aliphatic heterocycles. The van der Waals surface area contributed by atoms with Crippen molar-refractivity contribution in [1.29, 1.82) is 0 Å². The van der Waals surface area contributed by atoms with E-state index in [1.165, 1.54) is 6.33 Å². The van der Waals surface area contributed by atoms with Gasteiger partial charge in [-0.1, -0.05) is 11.6 Å². The molecule has 0 atom stereocenters. The van der Waals surface area contributed by atoms with Crippen molar-refractivity contribution in [3.05, 3.63) is 57.9 Å². The number of nitrogen functional groups attached to an aromatic ring is 1. The van der Waals surface area contributed by atoms with Gasteiger partial charge in [-0.2, -0.15) is 13.2 Å². The molecule has 27 heavy (non-hydrogen) atoms. The molecule has 0 saturated carbocycles. The molecule has 0 saturated heterocycles. The predicted octanol–water partition coefficient (Wildman–Crippen LogP) is 5.38. The Hall–Kier alpha value is -2.59. The lowest BCUT2D eigenvalue weighted by atomic mass is 10.2. The highest BCUT2D eigenvalue weighted by atomic mass is 79.9. The molecule has 1 aromatic carbocycles. The molecule has 3 rings (SSSR count). The summed E-state index contributed by atoms with van der Waals surface area (Å²) >= 11 is 9.27. The Morgan fingerprint density at radius 3 is 2.33 bits per heavy atom. The van der Waals surface area contributed by atoms with Crippen LogP contribution in [-0.2, 0) is 6.18 Å². The van der Waals surface area contributed by atoms with Crippen molar-refractivity contribution in [2.75, 3.05) is 16.4 Å². The van der Waals surface area contributed by atoms with Crippen LogP contribution in [0.4, 0.5) is 42.0 Å². The zero-order valence-electron chi connectivity index (χ0n) is 13.4. The summed E-state index contributed by atoms with van der Waals surface area (Å²) in [5.74, 6) is 0.822. The monoisotopic (exact) mass is 458 g/mol. The molecule has 0 fully saturated rings. The number of aromatic nitrogens is 3. The van der Waals surface area contributed by atoms with Gasteiger partial charge in [0.25, 0.3) is 0 Å². The first-order valence-electron chi connectivity index (χ1n) is 7.37. The number of hydrogen-bond donors (Lipinski definition) is 3. The first-order valence-corrected chi connectivity index (χ1v) is 8.54. The third-order valence-corrected chi connectivity index (χ3v) is 4.20. The van der Waals surface area contributed by atoms with E-state index in [0.29, 0.717) is 5.82 Å². The maximum absolute atomic E-state index is 12.9. The number of nitrogens with one attached hydrogen (secondary N) is 2. The zero-order valence-corrected chi connectivity index (χ0v) is 15.7. The van der Waals surface area contributed by atoms with Gasteiger partial charge >= 0.3 is 6.18 Å². The number of rotatable bonds is 4. The van der Waals surface area contributed by atoms with Crippen molar-refractivity contribution in [2.24, 2.45) is 0 Å². The number of nitrogens with zero attached hydrogens (tertiary/aromatic N) is 3. The molecule has 11 heteroatoms. The highest BCUT2D eigenvalue weighted by Gasteiger charge is 2.31. The van der Waals surface area contributed by atoms with E-state index in [2.05, 4.69) is 41.5 Å². The van der Waals surface area contributed by atoms with E-state index in [1.807, 2.05) is 0 Å². The third-order valence-electron chi connectivity index (χ3n) is 3.40. The summed E-state index contributed by atoms with van der Waals surface area (Å²) in [6, 6.07) is 6.39. The summed E-state index contributed by atoms with van der Waals surface area (Å²) in [6.45, 7) is 0. The van der Waals surface area contributed by atoms with E-state index in [0.717, 1.165) is 22.7 Å². The summed E-state index contributed by atoms with van der Waals surface area (Å²) in [4.78, 5) is 12.1. The van der Waals surface area contributed by atoms with Crippen molar-refractivity contribution in [3.63, 3.8) is 0 Å². The molecule has 3 aromatic rings. The number of benzene rings is 1. The molecule has 2 heterocycles. The smallest absolute Gasteiger partial charge is 0.393 e. The Kier molecular flexibility index (Phi) is 5.38. The van der Waals surface area contributed by atoms with Crippen LogP contribution in [0.15, 0.2) is 47.3 Å². The Labute approximate surface area is 165 Å². The van der Waals surface area contributed by atoms with E-state index in [1.54, 1.807) is 18.3 Å². The Morgan fingerprint density at radius 2 is 1.70 bits per heavy atom. The van der Waals surface area contributed by atoms with Gasteiger partial charge in [-0.15, -0.1) is 0 Å². The normalized spacial score (nSPS) is 11.3. The van der Waals surface area contributed by atoms with Gasteiger partial charge in [0, 0.05) is 10.7 Å². The number of alkyl halides is 3. The number of pyridine rings is 1. The second-order valence-corrected chi connectivity index (χ2v) is 6.61. The molecule has 0 bridgehead atoms. The van der Waals surface area contributed by atoms with Crippen molar-refractivity contribution in [3.8, 4) is 0 Å². The number of anilines is 5. The highest BCUT2D eigenvalue weighted by Crippen LogP contribution is 2.36. The summed E-state index contributed by atoms with van der Waals surface area (Å²) < 4.78 is 39.5. The molecule has 0 aliphatic rings. The van der Waals surface area contributed by atoms with Crippen molar-refractivity contribution in [2.45, 2.75) is 6.18 Å². The van der Waals surface area contributed by atoms with E-state index in [4.69, 9.17) is 17.3 Å². The minimum Gasteiger partial charge on any atom is -0.393 e. The van der Waals surface area contributed by atoms with Gasteiger partial charge in [-0.3, -0.25) is 0 Å². The molecule has 0 unspecified atom stereocenters. The highest BCUT2D eigenvalue weighted by molar-refractivity contribution is 9.10. The van der Waals surface area contributed by atoms with Gasteiger partial charge in [-0.25, -0.2) is 15.0 Å². The van der Waals surface area contributed by atoms with Crippen LogP contribution in [0.2, 0.25) is 5.02 Å². The molecular weight excluding hydrogens is 449 g/mol. The summed E-state index contributed by atoms with van der Waals surface area (Å²) in [5, 5.41) is 5.72. The molecule has 4 N–H and O–H groups in total. The Morgan fingerprint density at radius 1 is 1.00 bits per heavy atom. The van der Waals surface area contributed by atoms with Gasteiger partial charge in [-0.05, 0) is 46.3 Å².